The maximum absolute atomic E-state index is 13.4. The number of carbonyl (C=O) groups is 2. The molecular weight excluding hydrogens is 368 g/mol. The van der Waals surface area contributed by atoms with E-state index in [0.29, 0.717) is 6.42 Å². The maximum atomic E-state index is 13.4. The van der Waals surface area contributed by atoms with Crippen LogP contribution in [0.3, 0.4) is 0 Å². The van der Waals surface area contributed by atoms with Crippen molar-refractivity contribution in [2.24, 2.45) is 5.92 Å². The van der Waals surface area contributed by atoms with E-state index >= 15 is 0 Å². The van der Waals surface area contributed by atoms with Gasteiger partial charge in [0, 0.05) is 17.5 Å². The molecule has 1 aliphatic rings. The molecule has 2 nitrogen and oxygen atoms in total. The van der Waals surface area contributed by atoms with Gasteiger partial charge in [0.25, 0.3) is 0 Å². The fourth-order valence-corrected chi connectivity index (χ4v) is 4.63. The Balaban J connectivity index is 1.44. The Morgan fingerprint density at radius 3 is 1.97 bits per heavy atom. The van der Waals surface area contributed by atoms with E-state index in [1.54, 1.807) is 0 Å². The summed E-state index contributed by atoms with van der Waals surface area (Å²) in [4.78, 5) is 26.6. The van der Waals surface area contributed by atoms with Crippen molar-refractivity contribution in [1.82, 2.24) is 0 Å². The Kier molecular flexibility index (Phi) is 4.76. The number of rotatable bonds is 5. The summed E-state index contributed by atoms with van der Waals surface area (Å²) in [7, 11) is 0. The first kappa shape index (κ1) is 18.5. The second-order valence-electron chi connectivity index (χ2n) is 7.94. The number of allylic oxidation sites excluding steroid dienone is 2. The van der Waals surface area contributed by atoms with Crippen molar-refractivity contribution in [2.45, 2.75) is 19.3 Å². The van der Waals surface area contributed by atoms with Gasteiger partial charge in [-0.15, -0.1) is 0 Å². The smallest absolute Gasteiger partial charge is 0.189 e. The van der Waals surface area contributed by atoms with E-state index in [4.69, 9.17) is 0 Å². The lowest BCUT2D eigenvalue weighted by molar-refractivity contribution is 0.0961. The third-order valence-electron chi connectivity index (χ3n) is 6.14. The minimum absolute atomic E-state index is 0.0251. The van der Waals surface area contributed by atoms with Gasteiger partial charge in [-0.25, -0.2) is 0 Å². The van der Waals surface area contributed by atoms with Gasteiger partial charge < -0.3 is 0 Å². The molecule has 5 rings (SSSR count). The SMILES string of the molecule is O=C(C[C@H]1CCC=C1C(=O)c1cccc2ccccc12)c1cccc2ccccc12. The van der Waals surface area contributed by atoms with Gasteiger partial charge in [-0.1, -0.05) is 91.0 Å². The summed E-state index contributed by atoms with van der Waals surface area (Å²) in [5.41, 5.74) is 2.26. The zero-order valence-electron chi connectivity index (χ0n) is 16.7. The average Bonchev–Trinajstić information content (AvgIpc) is 3.25. The van der Waals surface area contributed by atoms with E-state index in [1.807, 2.05) is 91.0 Å². The third-order valence-corrected chi connectivity index (χ3v) is 6.14. The molecule has 0 N–H and O–H groups in total. The molecule has 1 aliphatic carbocycles. The van der Waals surface area contributed by atoms with Crippen molar-refractivity contribution in [3.05, 3.63) is 108 Å². The fraction of sp³-hybridized carbons (Fsp3) is 0.143. The maximum Gasteiger partial charge on any atom is 0.189 e. The van der Waals surface area contributed by atoms with Crippen LogP contribution in [0.1, 0.15) is 40.0 Å². The molecule has 0 aliphatic heterocycles. The second-order valence-corrected chi connectivity index (χ2v) is 7.94. The summed E-state index contributed by atoms with van der Waals surface area (Å²) < 4.78 is 0. The highest BCUT2D eigenvalue weighted by Crippen LogP contribution is 2.34. The predicted molar refractivity (Wildman–Crippen MR) is 122 cm³/mol. The summed E-state index contributed by atoms with van der Waals surface area (Å²) >= 11 is 0. The Labute approximate surface area is 175 Å². The van der Waals surface area contributed by atoms with Crippen molar-refractivity contribution in [2.75, 3.05) is 0 Å². The molecule has 1 atom stereocenters. The predicted octanol–water partition coefficient (Wildman–Crippen LogP) is 6.79. The normalized spacial score (nSPS) is 16.0. The zero-order chi connectivity index (χ0) is 20.5. The molecule has 0 amide bonds. The molecule has 0 bridgehead atoms. The molecule has 0 spiro atoms. The number of fused-ring (bicyclic) bond motifs is 2. The summed E-state index contributed by atoms with van der Waals surface area (Å²) in [6.07, 6.45) is 4.10. The molecule has 30 heavy (non-hydrogen) atoms. The highest BCUT2D eigenvalue weighted by Gasteiger charge is 2.29. The van der Waals surface area contributed by atoms with E-state index in [2.05, 4.69) is 0 Å². The van der Waals surface area contributed by atoms with Crippen LogP contribution in [-0.2, 0) is 0 Å². The standard InChI is InChI=1S/C28H22O2/c29-27(25-16-5-10-19-8-1-3-13-22(19)25)18-21-12-7-15-24(21)28(30)26-17-6-11-20-9-2-4-14-23(20)26/h1-6,8-11,13-17,21H,7,12,18H2/t21-/m1/s1. The minimum Gasteiger partial charge on any atom is -0.294 e. The van der Waals surface area contributed by atoms with Crippen LogP contribution in [0.5, 0.6) is 0 Å². The topological polar surface area (TPSA) is 34.1 Å². The summed E-state index contributed by atoms with van der Waals surface area (Å²) in [6, 6.07) is 27.6. The minimum atomic E-state index is -0.0251. The number of ketones is 2. The van der Waals surface area contributed by atoms with Gasteiger partial charge in [-0.2, -0.15) is 0 Å². The van der Waals surface area contributed by atoms with Gasteiger partial charge in [0.15, 0.2) is 11.6 Å². The lowest BCUT2D eigenvalue weighted by Gasteiger charge is -2.15. The average molecular weight is 390 g/mol. The summed E-state index contributed by atoms with van der Waals surface area (Å²) in [5, 5.41) is 4.08. The molecule has 0 saturated carbocycles. The van der Waals surface area contributed by atoms with Crippen molar-refractivity contribution >= 4 is 33.1 Å². The highest BCUT2D eigenvalue weighted by molar-refractivity contribution is 6.17. The van der Waals surface area contributed by atoms with Crippen LogP contribution in [0.25, 0.3) is 21.5 Å². The zero-order valence-corrected chi connectivity index (χ0v) is 16.7. The second kappa shape index (κ2) is 7.72. The summed E-state index contributed by atoms with van der Waals surface area (Å²) in [6.45, 7) is 0. The molecule has 0 unspecified atom stereocenters. The summed E-state index contributed by atoms with van der Waals surface area (Å²) in [5.74, 6) is 0.137. The molecule has 0 heterocycles. The lowest BCUT2D eigenvalue weighted by Crippen LogP contribution is -2.15. The van der Waals surface area contributed by atoms with Gasteiger partial charge in [-0.05, 0) is 45.9 Å². The van der Waals surface area contributed by atoms with Crippen LogP contribution >= 0.6 is 0 Å². The first-order chi connectivity index (χ1) is 14.7. The third kappa shape index (κ3) is 3.25. The Morgan fingerprint density at radius 1 is 0.700 bits per heavy atom. The van der Waals surface area contributed by atoms with Gasteiger partial charge in [0.1, 0.15) is 0 Å². The molecule has 0 fully saturated rings. The van der Waals surface area contributed by atoms with Crippen molar-refractivity contribution in [3.63, 3.8) is 0 Å². The Bertz CT molecular complexity index is 1300. The van der Waals surface area contributed by atoms with Gasteiger partial charge in [0.2, 0.25) is 0 Å². The van der Waals surface area contributed by atoms with Crippen molar-refractivity contribution in [1.29, 1.82) is 0 Å². The molecular formula is C28H22O2. The largest absolute Gasteiger partial charge is 0.294 e. The van der Waals surface area contributed by atoms with Crippen molar-refractivity contribution < 1.29 is 9.59 Å². The van der Waals surface area contributed by atoms with Gasteiger partial charge in [-0.3, -0.25) is 9.59 Å². The van der Waals surface area contributed by atoms with E-state index in [-0.39, 0.29) is 17.5 Å². The van der Waals surface area contributed by atoms with Crippen LogP contribution in [0.15, 0.2) is 96.6 Å². The molecule has 0 radical (unpaired) electrons. The molecule has 0 aromatic heterocycles. The Morgan fingerprint density at radius 2 is 1.27 bits per heavy atom. The van der Waals surface area contributed by atoms with Gasteiger partial charge >= 0.3 is 0 Å². The monoisotopic (exact) mass is 390 g/mol. The molecule has 4 aromatic carbocycles. The number of carbonyl (C=O) groups excluding carboxylic acids is 2. The van der Waals surface area contributed by atoms with Crippen LogP contribution in [0.4, 0.5) is 0 Å². The van der Waals surface area contributed by atoms with E-state index in [1.165, 1.54) is 0 Å². The highest BCUT2D eigenvalue weighted by atomic mass is 16.1. The Hall–Kier alpha value is -3.52. The van der Waals surface area contributed by atoms with E-state index in [9.17, 15) is 9.59 Å². The molecule has 2 heteroatoms. The number of hydrogen-bond acceptors (Lipinski definition) is 2. The first-order valence-corrected chi connectivity index (χ1v) is 10.5. The van der Waals surface area contributed by atoms with Gasteiger partial charge in [0.05, 0.1) is 0 Å². The molecule has 146 valence electrons. The number of hydrogen-bond donors (Lipinski definition) is 0. The lowest BCUT2D eigenvalue weighted by atomic mass is 9.86. The molecule has 4 aromatic rings. The van der Waals surface area contributed by atoms with Crippen LogP contribution in [0.2, 0.25) is 0 Å². The van der Waals surface area contributed by atoms with Crippen LogP contribution in [0, 0.1) is 5.92 Å². The fourth-order valence-electron chi connectivity index (χ4n) is 4.63. The molecule has 0 saturated heterocycles. The first-order valence-electron chi connectivity index (χ1n) is 10.5. The van der Waals surface area contributed by atoms with E-state index < -0.39 is 0 Å². The van der Waals surface area contributed by atoms with E-state index in [0.717, 1.165) is 51.1 Å². The number of Topliss-reactive ketones (excluding diaryl/α,β-unsaturated/α-hetero) is 2. The quantitative estimate of drug-likeness (QED) is 0.352. The van der Waals surface area contributed by atoms with Crippen LogP contribution in [-0.4, -0.2) is 11.6 Å². The van der Waals surface area contributed by atoms with Crippen molar-refractivity contribution in [3.8, 4) is 0 Å². The number of benzene rings is 4. The van der Waals surface area contributed by atoms with Crippen LogP contribution < -0.4 is 0 Å².